The third-order valence-electron chi connectivity index (χ3n) is 4.44. The van der Waals surface area contributed by atoms with Gasteiger partial charge in [0.25, 0.3) is 5.56 Å². The zero-order valence-electron chi connectivity index (χ0n) is 13.6. The van der Waals surface area contributed by atoms with E-state index in [1.165, 1.54) is 4.57 Å². The summed E-state index contributed by atoms with van der Waals surface area (Å²) >= 11 is 0. The highest BCUT2D eigenvalue weighted by Crippen LogP contribution is 2.29. The minimum Gasteiger partial charge on any atom is -0.313 e. The summed E-state index contributed by atoms with van der Waals surface area (Å²) in [5.74, 6) is 0.223. The summed E-state index contributed by atoms with van der Waals surface area (Å²) in [7, 11) is 0. The molecule has 1 aliphatic carbocycles. The fraction of sp³-hybridized carbons (Fsp3) is 0.625. The van der Waals surface area contributed by atoms with Crippen molar-refractivity contribution >= 4 is 16.9 Å². The maximum absolute atomic E-state index is 12.7. The number of fused-ring (bicyclic) bond motifs is 1. The Kier molecular flexibility index (Phi) is 4.19. The Morgan fingerprint density at radius 1 is 1.13 bits per heavy atom. The van der Waals surface area contributed by atoms with Crippen molar-refractivity contribution in [1.29, 1.82) is 0 Å². The zero-order chi connectivity index (χ0) is 16.6. The van der Waals surface area contributed by atoms with Crippen LogP contribution in [0.2, 0.25) is 0 Å². The van der Waals surface area contributed by atoms with E-state index in [4.69, 9.17) is 0 Å². The summed E-state index contributed by atoms with van der Waals surface area (Å²) in [6, 6.07) is -0.00330. The quantitative estimate of drug-likeness (QED) is 0.836. The van der Waals surface area contributed by atoms with Crippen molar-refractivity contribution in [2.24, 2.45) is 0 Å². The van der Waals surface area contributed by atoms with Gasteiger partial charge in [-0.15, -0.1) is 0 Å². The molecule has 2 aromatic heterocycles. The number of aryl methyl sites for hydroxylation is 1. The Balaban J connectivity index is 2.28. The molecule has 1 aliphatic rings. The van der Waals surface area contributed by atoms with Crippen molar-refractivity contribution in [3.05, 3.63) is 27.2 Å². The van der Waals surface area contributed by atoms with Crippen LogP contribution < -0.4 is 11.2 Å². The molecule has 124 valence electrons. The molecule has 0 saturated heterocycles. The van der Waals surface area contributed by atoms with Crippen LogP contribution in [0, 0.1) is 0 Å². The smallest absolute Gasteiger partial charge is 0.313 e. The van der Waals surface area contributed by atoms with Crippen LogP contribution in [0.3, 0.4) is 0 Å². The first-order chi connectivity index (χ1) is 11.1. The number of ketones is 1. The van der Waals surface area contributed by atoms with Gasteiger partial charge in [-0.25, -0.2) is 9.78 Å². The second kappa shape index (κ2) is 6.14. The summed E-state index contributed by atoms with van der Waals surface area (Å²) < 4.78 is 4.77. The molecular weight excluding hydrogens is 296 g/mol. The monoisotopic (exact) mass is 318 g/mol. The largest absolute Gasteiger partial charge is 0.332 e. The number of imidazole rings is 1. The Hall–Kier alpha value is -2.18. The van der Waals surface area contributed by atoms with Gasteiger partial charge in [0.15, 0.2) is 5.52 Å². The molecule has 2 heterocycles. The van der Waals surface area contributed by atoms with E-state index in [2.05, 4.69) is 4.98 Å². The maximum Gasteiger partial charge on any atom is 0.332 e. The van der Waals surface area contributed by atoms with E-state index in [9.17, 15) is 14.4 Å². The van der Waals surface area contributed by atoms with Crippen molar-refractivity contribution in [1.82, 2.24) is 18.7 Å². The summed E-state index contributed by atoms with van der Waals surface area (Å²) in [6.45, 7) is 4.86. The first-order valence-electron chi connectivity index (χ1n) is 8.30. The summed E-state index contributed by atoms with van der Waals surface area (Å²) in [6.07, 6.45) is 4.84. The minimum atomic E-state index is -0.331. The highest BCUT2D eigenvalue weighted by molar-refractivity contribution is 5.81. The van der Waals surface area contributed by atoms with Crippen LogP contribution in [-0.2, 0) is 17.9 Å². The molecule has 0 aromatic carbocycles. The van der Waals surface area contributed by atoms with E-state index in [0.29, 0.717) is 43.5 Å². The molecule has 1 saturated carbocycles. The minimum absolute atomic E-state index is 0.00330. The summed E-state index contributed by atoms with van der Waals surface area (Å²) in [5.41, 5.74) is 0.277. The average molecular weight is 318 g/mol. The van der Waals surface area contributed by atoms with Crippen LogP contribution in [0.15, 0.2) is 15.9 Å². The molecule has 0 aliphatic heterocycles. The Labute approximate surface area is 133 Å². The van der Waals surface area contributed by atoms with Crippen LogP contribution in [-0.4, -0.2) is 24.5 Å². The maximum atomic E-state index is 12.7. The third kappa shape index (κ3) is 2.54. The Morgan fingerprint density at radius 2 is 1.83 bits per heavy atom. The van der Waals surface area contributed by atoms with E-state index >= 15 is 0 Å². The molecule has 1 fully saturated rings. The second-order valence-electron chi connectivity index (χ2n) is 6.15. The van der Waals surface area contributed by atoms with Gasteiger partial charge in [0.2, 0.25) is 0 Å². The summed E-state index contributed by atoms with van der Waals surface area (Å²) in [5, 5.41) is 0. The predicted octanol–water partition coefficient (Wildman–Crippen LogP) is 1.47. The van der Waals surface area contributed by atoms with Crippen molar-refractivity contribution < 1.29 is 4.79 Å². The van der Waals surface area contributed by atoms with Crippen molar-refractivity contribution in [2.45, 2.75) is 65.1 Å². The molecule has 23 heavy (non-hydrogen) atoms. The van der Waals surface area contributed by atoms with E-state index in [1.54, 1.807) is 10.9 Å². The first-order valence-corrected chi connectivity index (χ1v) is 8.30. The number of carbonyl (C=O) groups is 1. The van der Waals surface area contributed by atoms with Gasteiger partial charge in [-0.05, 0) is 19.3 Å². The van der Waals surface area contributed by atoms with Gasteiger partial charge in [0.05, 0.1) is 6.33 Å². The van der Waals surface area contributed by atoms with E-state index in [-0.39, 0.29) is 23.1 Å². The molecular formula is C16H22N4O3. The number of nitrogens with zero attached hydrogens (tertiary/aromatic N) is 4. The highest BCUT2D eigenvalue weighted by Gasteiger charge is 2.27. The highest BCUT2D eigenvalue weighted by atomic mass is 16.2. The third-order valence-corrected chi connectivity index (χ3v) is 4.44. The van der Waals surface area contributed by atoms with Gasteiger partial charge in [-0.3, -0.25) is 18.7 Å². The van der Waals surface area contributed by atoms with Crippen LogP contribution >= 0.6 is 0 Å². The normalized spacial score (nSPS) is 18.2. The number of hydrogen-bond donors (Lipinski definition) is 0. The Morgan fingerprint density at radius 3 is 2.43 bits per heavy atom. The van der Waals surface area contributed by atoms with Gasteiger partial charge in [0.1, 0.15) is 11.4 Å². The number of aromatic nitrogens is 4. The van der Waals surface area contributed by atoms with Crippen LogP contribution in [0.1, 0.15) is 52.0 Å². The standard InChI is InChI=1S/C16H22N4O3/c1-3-7-18-14-13(15(22)19(8-4-2)16(18)23)17-10-20(14)11-5-6-12(21)9-11/h10-11H,3-9H2,1-2H3. The Bertz CT molecular complexity index is 859. The van der Waals surface area contributed by atoms with Crippen LogP contribution in [0.25, 0.3) is 11.2 Å². The molecule has 0 N–H and O–H groups in total. The molecule has 1 atom stereocenters. The van der Waals surface area contributed by atoms with E-state index < -0.39 is 0 Å². The van der Waals surface area contributed by atoms with Crippen molar-refractivity contribution in [3.8, 4) is 0 Å². The molecule has 7 heteroatoms. The molecule has 0 radical (unpaired) electrons. The fourth-order valence-electron chi connectivity index (χ4n) is 3.37. The van der Waals surface area contributed by atoms with Crippen LogP contribution in [0.5, 0.6) is 0 Å². The lowest BCUT2D eigenvalue weighted by Crippen LogP contribution is -2.40. The van der Waals surface area contributed by atoms with Gasteiger partial charge in [0, 0.05) is 32.0 Å². The van der Waals surface area contributed by atoms with E-state index in [0.717, 1.165) is 12.8 Å². The lowest BCUT2D eigenvalue weighted by Gasteiger charge is -2.16. The fourth-order valence-corrected chi connectivity index (χ4v) is 3.37. The van der Waals surface area contributed by atoms with Crippen LogP contribution in [0.4, 0.5) is 0 Å². The number of Topliss-reactive ketones (excluding diaryl/α,β-unsaturated/α-hetero) is 1. The molecule has 3 rings (SSSR count). The molecule has 0 amide bonds. The second-order valence-corrected chi connectivity index (χ2v) is 6.15. The lowest BCUT2D eigenvalue weighted by atomic mass is 10.2. The molecule has 0 spiro atoms. The van der Waals surface area contributed by atoms with Crippen molar-refractivity contribution in [2.75, 3.05) is 0 Å². The molecule has 1 unspecified atom stereocenters. The molecule has 0 bridgehead atoms. The van der Waals surface area contributed by atoms with Crippen molar-refractivity contribution in [3.63, 3.8) is 0 Å². The van der Waals surface area contributed by atoms with E-state index in [1.807, 2.05) is 18.4 Å². The van der Waals surface area contributed by atoms with Gasteiger partial charge < -0.3 is 4.57 Å². The average Bonchev–Trinajstić information content (AvgIpc) is 3.14. The SMILES string of the molecule is CCCn1c(=O)c2ncn(C3CCC(=O)C3)c2n(CCC)c1=O. The number of carbonyl (C=O) groups excluding carboxylic acids is 1. The predicted molar refractivity (Wildman–Crippen MR) is 86.7 cm³/mol. The number of rotatable bonds is 5. The molecule has 2 aromatic rings. The van der Waals surface area contributed by atoms with Gasteiger partial charge in [-0.2, -0.15) is 0 Å². The zero-order valence-corrected chi connectivity index (χ0v) is 13.6. The van der Waals surface area contributed by atoms with Gasteiger partial charge >= 0.3 is 5.69 Å². The van der Waals surface area contributed by atoms with Gasteiger partial charge in [-0.1, -0.05) is 13.8 Å². The topological polar surface area (TPSA) is 78.9 Å². The number of hydrogen-bond acceptors (Lipinski definition) is 4. The first kappa shape index (κ1) is 15.7. The summed E-state index contributed by atoms with van der Waals surface area (Å²) in [4.78, 5) is 41.2. The lowest BCUT2D eigenvalue weighted by molar-refractivity contribution is -0.117. The molecule has 7 nitrogen and oxygen atoms in total.